The molecule has 0 radical (unpaired) electrons. The zero-order chi connectivity index (χ0) is 15.7. The van der Waals surface area contributed by atoms with Gasteiger partial charge in [0.15, 0.2) is 5.76 Å². The Morgan fingerprint density at radius 2 is 2.18 bits per heavy atom. The van der Waals surface area contributed by atoms with Gasteiger partial charge in [-0.2, -0.15) is 0 Å². The number of hydrogen-bond donors (Lipinski definition) is 0. The van der Waals surface area contributed by atoms with Crippen LogP contribution in [-0.4, -0.2) is 17.4 Å². The first-order chi connectivity index (χ1) is 10.6. The average molecular weight is 321 g/mol. The van der Waals surface area contributed by atoms with E-state index in [-0.39, 0.29) is 22.4 Å². The number of nitro benzene ring substituents is 1. The molecule has 0 saturated heterocycles. The van der Waals surface area contributed by atoms with Gasteiger partial charge >= 0.3 is 0 Å². The first-order valence-corrected chi connectivity index (χ1v) is 7.23. The van der Waals surface area contributed by atoms with Crippen molar-refractivity contribution in [2.45, 2.75) is 12.8 Å². The zero-order valence-electron chi connectivity index (χ0n) is 11.6. The molecule has 22 heavy (non-hydrogen) atoms. The minimum absolute atomic E-state index is 0.0468. The molecular formula is C15H13ClN2O4. The lowest BCUT2D eigenvalue weighted by molar-refractivity contribution is -0.384. The van der Waals surface area contributed by atoms with Crippen molar-refractivity contribution in [1.82, 2.24) is 0 Å². The Labute approximate surface area is 131 Å². The Morgan fingerprint density at radius 3 is 2.77 bits per heavy atom. The number of rotatable bonds is 5. The van der Waals surface area contributed by atoms with E-state index in [4.69, 9.17) is 16.0 Å². The van der Waals surface area contributed by atoms with Gasteiger partial charge in [-0.25, -0.2) is 0 Å². The van der Waals surface area contributed by atoms with Crippen molar-refractivity contribution in [3.05, 3.63) is 57.5 Å². The molecule has 0 unspecified atom stereocenters. The minimum Gasteiger partial charge on any atom is -0.459 e. The molecule has 0 atom stereocenters. The standard InChI is InChI=1S/C15H13ClN2O4/c16-12-6-5-11(8-13(12)18(20)21)17(9-10-3-4-10)15(19)14-2-1-7-22-14/h1-2,5-8,10H,3-4,9H2. The maximum absolute atomic E-state index is 12.6. The van der Waals surface area contributed by atoms with E-state index in [0.717, 1.165) is 12.8 Å². The topological polar surface area (TPSA) is 76.6 Å². The van der Waals surface area contributed by atoms with Crippen molar-refractivity contribution in [1.29, 1.82) is 0 Å². The summed E-state index contributed by atoms with van der Waals surface area (Å²) in [6, 6.07) is 7.58. The highest BCUT2D eigenvalue weighted by atomic mass is 35.5. The molecule has 2 aromatic rings. The van der Waals surface area contributed by atoms with Crippen LogP contribution >= 0.6 is 11.6 Å². The Kier molecular flexibility index (Phi) is 3.85. The summed E-state index contributed by atoms with van der Waals surface area (Å²) in [7, 11) is 0. The third-order valence-electron chi connectivity index (χ3n) is 3.55. The van der Waals surface area contributed by atoms with Crippen LogP contribution < -0.4 is 4.90 Å². The van der Waals surface area contributed by atoms with Crippen molar-refractivity contribution in [2.24, 2.45) is 5.92 Å². The minimum atomic E-state index is -0.557. The molecule has 1 aromatic heterocycles. The summed E-state index contributed by atoms with van der Waals surface area (Å²) in [5.74, 6) is 0.320. The quantitative estimate of drug-likeness (QED) is 0.618. The number of amides is 1. The predicted octanol–water partition coefficient (Wildman–Crippen LogP) is 3.90. The molecule has 1 aliphatic carbocycles. The van der Waals surface area contributed by atoms with Crippen molar-refractivity contribution in [2.75, 3.05) is 11.4 Å². The normalized spacial score (nSPS) is 13.9. The fraction of sp³-hybridized carbons (Fsp3) is 0.267. The van der Waals surface area contributed by atoms with E-state index < -0.39 is 4.92 Å². The van der Waals surface area contributed by atoms with E-state index >= 15 is 0 Å². The lowest BCUT2D eigenvalue weighted by atomic mass is 10.2. The van der Waals surface area contributed by atoms with E-state index in [1.807, 2.05) is 0 Å². The number of nitrogens with zero attached hydrogens (tertiary/aromatic N) is 2. The van der Waals surface area contributed by atoms with Crippen LogP contribution in [0.3, 0.4) is 0 Å². The third kappa shape index (κ3) is 2.96. The van der Waals surface area contributed by atoms with Gasteiger partial charge in [-0.3, -0.25) is 14.9 Å². The zero-order valence-corrected chi connectivity index (χ0v) is 12.3. The number of benzene rings is 1. The van der Waals surface area contributed by atoms with Gasteiger partial charge in [0.2, 0.25) is 0 Å². The maximum atomic E-state index is 12.6. The second-order valence-electron chi connectivity index (χ2n) is 5.23. The van der Waals surface area contributed by atoms with Gasteiger partial charge < -0.3 is 9.32 Å². The number of carbonyl (C=O) groups is 1. The molecule has 6 nitrogen and oxygen atoms in total. The second kappa shape index (κ2) is 5.81. The van der Waals surface area contributed by atoms with Crippen molar-refractivity contribution < 1.29 is 14.1 Å². The van der Waals surface area contributed by atoms with Crippen LogP contribution in [0.2, 0.25) is 5.02 Å². The highest BCUT2D eigenvalue weighted by Crippen LogP contribution is 2.35. The van der Waals surface area contributed by atoms with Gasteiger partial charge in [0.1, 0.15) is 5.02 Å². The van der Waals surface area contributed by atoms with Gasteiger partial charge in [-0.05, 0) is 43.0 Å². The number of anilines is 1. The molecule has 1 heterocycles. The average Bonchev–Trinajstić information content (AvgIpc) is 3.14. The number of furan rings is 1. The summed E-state index contributed by atoms with van der Waals surface area (Å²) in [5, 5.41) is 11.1. The van der Waals surface area contributed by atoms with E-state index in [9.17, 15) is 14.9 Å². The van der Waals surface area contributed by atoms with Crippen LogP contribution in [0.5, 0.6) is 0 Å². The van der Waals surface area contributed by atoms with Gasteiger partial charge in [-0.1, -0.05) is 11.6 Å². The summed E-state index contributed by atoms with van der Waals surface area (Å²) in [6.07, 6.45) is 3.53. The van der Waals surface area contributed by atoms with Crippen LogP contribution in [0.25, 0.3) is 0 Å². The molecule has 0 bridgehead atoms. The fourth-order valence-corrected chi connectivity index (χ4v) is 2.39. The van der Waals surface area contributed by atoms with E-state index in [1.54, 1.807) is 18.2 Å². The number of nitro groups is 1. The van der Waals surface area contributed by atoms with Gasteiger partial charge in [0.05, 0.1) is 16.9 Å². The first-order valence-electron chi connectivity index (χ1n) is 6.85. The van der Waals surface area contributed by atoms with Crippen LogP contribution in [0.4, 0.5) is 11.4 Å². The molecule has 1 fully saturated rings. The Hall–Kier alpha value is -2.34. The largest absolute Gasteiger partial charge is 0.459 e. The first kappa shape index (κ1) is 14.6. The smallest absolute Gasteiger partial charge is 0.293 e. The SMILES string of the molecule is O=C(c1ccco1)N(CC1CC1)c1ccc(Cl)c([N+](=O)[O-])c1. The molecule has 0 spiro atoms. The molecule has 1 amide bonds. The van der Waals surface area contributed by atoms with Crippen LogP contribution in [0, 0.1) is 16.0 Å². The monoisotopic (exact) mass is 320 g/mol. The lowest BCUT2D eigenvalue weighted by Crippen LogP contribution is -2.32. The maximum Gasteiger partial charge on any atom is 0.293 e. The summed E-state index contributed by atoms with van der Waals surface area (Å²) < 4.78 is 5.15. The van der Waals surface area contributed by atoms with E-state index in [2.05, 4.69) is 0 Å². The number of carbonyl (C=O) groups excluding carboxylic acids is 1. The van der Waals surface area contributed by atoms with Crippen molar-refractivity contribution >= 4 is 28.9 Å². The van der Waals surface area contributed by atoms with E-state index in [0.29, 0.717) is 18.2 Å². The van der Waals surface area contributed by atoms with E-state index in [1.165, 1.54) is 23.3 Å². The van der Waals surface area contributed by atoms with Gasteiger partial charge in [0.25, 0.3) is 11.6 Å². The van der Waals surface area contributed by atoms with Crippen LogP contribution in [0.15, 0.2) is 41.0 Å². The Bertz CT molecular complexity index is 710. The molecular weight excluding hydrogens is 308 g/mol. The Balaban J connectivity index is 1.96. The number of halogens is 1. The van der Waals surface area contributed by atoms with Crippen molar-refractivity contribution in [3.63, 3.8) is 0 Å². The second-order valence-corrected chi connectivity index (χ2v) is 5.64. The molecule has 3 rings (SSSR count). The van der Waals surface area contributed by atoms with Crippen molar-refractivity contribution in [3.8, 4) is 0 Å². The predicted molar refractivity (Wildman–Crippen MR) is 81.2 cm³/mol. The number of hydrogen-bond acceptors (Lipinski definition) is 4. The van der Waals surface area contributed by atoms with Crippen LogP contribution in [-0.2, 0) is 0 Å². The summed E-state index contributed by atoms with van der Waals surface area (Å²) in [5.41, 5.74) is 0.233. The van der Waals surface area contributed by atoms with Gasteiger partial charge in [0, 0.05) is 12.6 Å². The highest BCUT2D eigenvalue weighted by Gasteiger charge is 2.30. The third-order valence-corrected chi connectivity index (χ3v) is 3.87. The molecule has 1 aromatic carbocycles. The molecule has 1 aliphatic rings. The summed E-state index contributed by atoms with van der Waals surface area (Å²) in [6.45, 7) is 0.512. The molecule has 0 N–H and O–H groups in total. The molecule has 0 aliphatic heterocycles. The molecule has 1 saturated carbocycles. The summed E-state index contributed by atoms with van der Waals surface area (Å²) >= 11 is 5.83. The molecule has 7 heteroatoms. The Morgan fingerprint density at radius 1 is 1.41 bits per heavy atom. The fourth-order valence-electron chi connectivity index (χ4n) is 2.21. The lowest BCUT2D eigenvalue weighted by Gasteiger charge is -2.21. The van der Waals surface area contributed by atoms with Gasteiger partial charge in [-0.15, -0.1) is 0 Å². The summed E-state index contributed by atoms with van der Waals surface area (Å²) in [4.78, 5) is 24.6. The highest BCUT2D eigenvalue weighted by molar-refractivity contribution is 6.32. The molecule has 114 valence electrons. The van der Waals surface area contributed by atoms with Crippen LogP contribution in [0.1, 0.15) is 23.4 Å².